The summed E-state index contributed by atoms with van der Waals surface area (Å²) in [6.45, 7) is 4.29. The lowest BCUT2D eigenvalue weighted by Crippen LogP contribution is -2.38. The van der Waals surface area contributed by atoms with Gasteiger partial charge in [-0.15, -0.1) is 0 Å². The van der Waals surface area contributed by atoms with Crippen molar-refractivity contribution < 1.29 is 19.0 Å². The van der Waals surface area contributed by atoms with Crippen LogP contribution in [0.5, 0.6) is 11.5 Å². The van der Waals surface area contributed by atoms with Crippen LogP contribution >= 0.6 is 0 Å². The Morgan fingerprint density at radius 3 is 1.96 bits per heavy atom. The van der Waals surface area contributed by atoms with E-state index >= 15 is 0 Å². The highest BCUT2D eigenvalue weighted by atomic mass is 16.7. The number of carbonyl (C=O) groups excluding carboxylic acids is 1. The van der Waals surface area contributed by atoms with Gasteiger partial charge in [0.05, 0.1) is 7.11 Å². The Kier molecular flexibility index (Phi) is 3.99. The first-order valence-corrected chi connectivity index (χ1v) is 7.70. The number of para-hydroxylation sites is 2. The van der Waals surface area contributed by atoms with Crippen LogP contribution in [-0.2, 0) is 14.9 Å². The van der Waals surface area contributed by atoms with Crippen LogP contribution in [0, 0.1) is 0 Å². The van der Waals surface area contributed by atoms with Gasteiger partial charge in [-0.3, -0.25) is 0 Å². The van der Waals surface area contributed by atoms with Crippen molar-refractivity contribution in [3.8, 4) is 11.5 Å². The molecular weight excluding hydrogens is 292 g/mol. The van der Waals surface area contributed by atoms with Gasteiger partial charge in [-0.25, -0.2) is 4.79 Å². The number of benzene rings is 2. The summed E-state index contributed by atoms with van der Waals surface area (Å²) in [5.74, 6) is 0.721. The number of carbonyl (C=O) groups is 1. The fraction of sp³-hybridized carbons (Fsp3) is 0.316. The molecule has 0 aromatic heterocycles. The summed E-state index contributed by atoms with van der Waals surface area (Å²) in [6, 6.07) is 15.5. The summed E-state index contributed by atoms with van der Waals surface area (Å²) < 4.78 is 16.5. The Labute approximate surface area is 136 Å². The molecule has 0 saturated carbocycles. The molecule has 0 amide bonds. The van der Waals surface area contributed by atoms with Gasteiger partial charge >= 0.3 is 12.3 Å². The SMILES string of the molecule is CCC1(C)c2ccccc2OC(C(=O)OC)Oc2ccccc21. The largest absolute Gasteiger partial charge is 0.463 e. The van der Waals surface area contributed by atoms with Crippen molar-refractivity contribution in [2.24, 2.45) is 0 Å². The molecule has 2 aromatic rings. The first-order valence-electron chi connectivity index (χ1n) is 7.70. The second-order valence-corrected chi connectivity index (χ2v) is 5.77. The van der Waals surface area contributed by atoms with E-state index in [9.17, 15) is 4.79 Å². The van der Waals surface area contributed by atoms with Gasteiger partial charge < -0.3 is 14.2 Å². The van der Waals surface area contributed by atoms with Crippen molar-refractivity contribution in [2.75, 3.05) is 7.11 Å². The van der Waals surface area contributed by atoms with E-state index < -0.39 is 12.3 Å². The molecule has 1 aliphatic rings. The maximum Gasteiger partial charge on any atom is 0.389 e. The molecule has 1 aliphatic heterocycles. The Morgan fingerprint density at radius 2 is 1.52 bits per heavy atom. The number of methoxy groups -OCH3 is 1. The normalized spacial score (nSPS) is 22.5. The first-order chi connectivity index (χ1) is 11.1. The van der Waals surface area contributed by atoms with Crippen molar-refractivity contribution in [2.45, 2.75) is 32.0 Å². The van der Waals surface area contributed by atoms with Crippen molar-refractivity contribution in [1.82, 2.24) is 0 Å². The van der Waals surface area contributed by atoms with Crippen LogP contribution in [0.1, 0.15) is 31.4 Å². The van der Waals surface area contributed by atoms with Gasteiger partial charge in [-0.05, 0) is 18.6 Å². The van der Waals surface area contributed by atoms with E-state index in [-0.39, 0.29) is 5.41 Å². The van der Waals surface area contributed by atoms with Crippen LogP contribution < -0.4 is 9.47 Å². The van der Waals surface area contributed by atoms with Gasteiger partial charge in [0.15, 0.2) is 0 Å². The Hall–Kier alpha value is -2.49. The molecule has 0 aliphatic carbocycles. The quantitative estimate of drug-likeness (QED) is 0.794. The standard InChI is InChI=1S/C19H20O4/c1-4-19(2)13-9-5-7-11-15(13)22-18(17(20)21-3)23-16-12-8-6-10-14(16)19/h5-12,18H,4H2,1-3H3. The van der Waals surface area contributed by atoms with Gasteiger partial charge in [-0.1, -0.05) is 50.2 Å². The highest BCUT2D eigenvalue weighted by Gasteiger charge is 2.37. The third kappa shape index (κ3) is 2.54. The molecule has 3 rings (SSSR count). The molecule has 0 unspecified atom stereocenters. The zero-order chi connectivity index (χ0) is 16.4. The summed E-state index contributed by atoms with van der Waals surface area (Å²) in [4.78, 5) is 12.0. The number of hydrogen-bond donors (Lipinski definition) is 0. The maximum absolute atomic E-state index is 12.0. The van der Waals surface area contributed by atoms with E-state index in [1.54, 1.807) is 0 Å². The average Bonchev–Trinajstić information content (AvgIpc) is 2.59. The van der Waals surface area contributed by atoms with Crippen LogP contribution in [0.15, 0.2) is 48.5 Å². The lowest BCUT2D eigenvalue weighted by molar-refractivity contribution is -0.162. The molecule has 0 N–H and O–H groups in total. The molecule has 4 heteroatoms. The van der Waals surface area contributed by atoms with Crippen molar-refractivity contribution in [3.63, 3.8) is 0 Å². The van der Waals surface area contributed by atoms with Crippen LogP contribution in [0.4, 0.5) is 0 Å². The number of hydrogen-bond acceptors (Lipinski definition) is 4. The molecule has 0 saturated heterocycles. The molecule has 1 heterocycles. The lowest BCUT2D eigenvalue weighted by atomic mass is 9.73. The molecule has 0 bridgehead atoms. The summed E-state index contributed by atoms with van der Waals surface area (Å²) in [5.41, 5.74) is 1.80. The third-order valence-electron chi connectivity index (χ3n) is 4.53. The number of rotatable bonds is 2. The van der Waals surface area contributed by atoms with Gasteiger partial charge in [0.2, 0.25) is 0 Å². The van der Waals surface area contributed by atoms with Crippen LogP contribution in [-0.4, -0.2) is 19.4 Å². The zero-order valence-electron chi connectivity index (χ0n) is 13.5. The summed E-state index contributed by atoms with van der Waals surface area (Å²) in [5, 5.41) is 0. The minimum atomic E-state index is -1.12. The van der Waals surface area contributed by atoms with E-state index in [4.69, 9.17) is 14.2 Å². The molecule has 0 atom stereocenters. The second kappa shape index (κ2) is 5.95. The number of esters is 1. The first kappa shape index (κ1) is 15.4. The summed E-state index contributed by atoms with van der Waals surface area (Å²) >= 11 is 0. The molecule has 0 radical (unpaired) electrons. The van der Waals surface area contributed by atoms with Crippen LogP contribution in [0.3, 0.4) is 0 Å². The summed E-state index contributed by atoms with van der Waals surface area (Å²) in [7, 11) is 1.32. The molecule has 0 spiro atoms. The maximum atomic E-state index is 12.0. The van der Waals surface area contributed by atoms with Crippen LogP contribution in [0.25, 0.3) is 0 Å². The molecule has 2 aromatic carbocycles. The summed E-state index contributed by atoms with van der Waals surface area (Å²) in [6.07, 6.45) is -0.250. The minimum absolute atomic E-state index is 0.270. The lowest BCUT2D eigenvalue weighted by Gasteiger charge is -2.36. The topological polar surface area (TPSA) is 44.8 Å². The molecule has 23 heavy (non-hydrogen) atoms. The average molecular weight is 312 g/mol. The fourth-order valence-corrected chi connectivity index (χ4v) is 3.02. The highest BCUT2D eigenvalue weighted by Crippen LogP contribution is 2.45. The van der Waals surface area contributed by atoms with Gasteiger partial charge in [0.1, 0.15) is 11.5 Å². The predicted octanol–water partition coefficient (Wildman–Crippen LogP) is 3.67. The zero-order valence-corrected chi connectivity index (χ0v) is 13.5. The van der Waals surface area contributed by atoms with Crippen molar-refractivity contribution in [3.05, 3.63) is 59.7 Å². The van der Waals surface area contributed by atoms with Crippen molar-refractivity contribution >= 4 is 5.97 Å². The molecule has 4 nitrogen and oxygen atoms in total. The third-order valence-corrected chi connectivity index (χ3v) is 4.53. The van der Waals surface area contributed by atoms with Gasteiger partial charge in [-0.2, -0.15) is 0 Å². The van der Waals surface area contributed by atoms with Gasteiger partial charge in [0.25, 0.3) is 0 Å². The molecule has 120 valence electrons. The fourth-order valence-electron chi connectivity index (χ4n) is 3.02. The highest BCUT2D eigenvalue weighted by molar-refractivity contribution is 5.74. The second-order valence-electron chi connectivity index (χ2n) is 5.77. The number of fused-ring (bicyclic) bond motifs is 2. The minimum Gasteiger partial charge on any atom is -0.463 e. The molecular formula is C19H20O4. The Bertz CT molecular complexity index is 673. The van der Waals surface area contributed by atoms with E-state index in [1.807, 2.05) is 48.5 Å². The monoisotopic (exact) mass is 312 g/mol. The van der Waals surface area contributed by atoms with Crippen molar-refractivity contribution in [1.29, 1.82) is 0 Å². The van der Waals surface area contributed by atoms with Gasteiger partial charge in [0, 0.05) is 16.5 Å². The van der Waals surface area contributed by atoms with E-state index in [0.717, 1.165) is 17.5 Å². The molecule has 0 fully saturated rings. The Balaban J connectivity index is 2.23. The van der Waals surface area contributed by atoms with Crippen LogP contribution in [0.2, 0.25) is 0 Å². The predicted molar refractivity (Wildman–Crippen MR) is 86.7 cm³/mol. The van der Waals surface area contributed by atoms with E-state index in [0.29, 0.717) is 11.5 Å². The smallest absolute Gasteiger partial charge is 0.389 e. The Morgan fingerprint density at radius 1 is 1.04 bits per heavy atom. The number of ether oxygens (including phenoxy) is 3. The van der Waals surface area contributed by atoms with E-state index in [1.165, 1.54) is 7.11 Å². The van der Waals surface area contributed by atoms with E-state index in [2.05, 4.69) is 13.8 Å².